The third kappa shape index (κ3) is 2.96. The number of carbonyl (C=O) groups is 1. The van der Waals surface area contributed by atoms with Gasteiger partial charge >= 0.3 is 5.97 Å². The van der Waals surface area contributed by atoms with Gasteiger partial charge in [0.15, 0.2) is 14.4 Å². The number of rotatable bonds is 3. The maximum Gasteiger partial charge on any atom is 0.351 e. The van der Waals surface area contributed by atoms with Crippen molar-refractivity contribution in [3.8, 4) is 0 Å². The Labute approximate surface area is 111 Å². The van der Waals surface area contributed by atoms with E-state index in [0.29, 0.717) is 9.22 Å². The summed E-state index contributed by atoms with van der Waals surface area (Å²) in [7, 11) is 1.31. The zero-order valence-corrected chi connectivity index (χ0v) is 11.1. The minimum atomic E-state index is -0.472. The number of esters is 1. The van der Waals surface area contributed by atoms with Crippen LogP contribution < -0.4 is 0 Å². The van der Waals surface area contributed by atoms with E-state index in [4.69, 9.17) is 11.6 Å². The predicted molar refractivity (Wildman–Crippen MR) is 66.8 cm³/mol. The van der Waals surface area contributed by atoms with Crippen LogP contribution in [-0.4, -0.2) is 23.0 Å². The van der Waals surface area contributed by atoms with Crippen molar-refractivity contribution >= 4 is 40.7 Å². The van der Waals surface area contributed by atoms with Crippen molar-refractivity contribution < 1.29 is 9.53 Å². The second-order valence-electron chi connectivity index (χ2n) is 2.86. The van der Waals surface area contributed by atoms with Crippen LogP contribution in [0.15, 0.2) is 33.8 Å². The number of aromatic nitrogens is 2. The minimum absolute atomic E-state index is 0.167. The number of thiazole rings is 1. The summed E-state index contributed by atoms with van der Waals surface area (Å²) in [6, 6.07) is 5.57. The second-order valence-corrected chi connectivity index (χ2v) is 5.49. The van der Waals surface area contributed by atoms with Gasteiger partial charge in [-0.15, -0.1) is 0 Å². The van der Waals surface area contributed by atoms with Crippen molar-refractivity contribution in [1.29, 1.82) is 0 Å². The van der Waals surface area contributed by atoms with Crippen LogP contribution in [-0.2, 0) is 4.74 Å². The SMILES string of the molecule is COC(=O)c1sc(Sc2ccccn2)nc1Cl. The number of hydrogen-bond acceptors (Lipinski definition) is 6. The summed E-state index contributed by atoms with van der Waals surface area (Å²) >= 11 is 8.40. The maximum absolute atomic E-state index is 11.3. The first-order valence-corrected chi connectivity index (χ1v) is 6.55. The number of carbonyl (C=O) groups excluding carboxylic acids is 1. The summed E-state index contributed by atoms with van der Waals surface area (Å²) in [5, 5.41) is 0.967. The average molecular weight is 287 g/mol. The van der Waals surface area contributed by atoms with Crippen molar-refractivity contribution in [1.82, 2.24) is 9.97 Å². The molecule has 2 heterocycles. The lowest BCUT2D eigenvalue weighted by molar-refractivity contribution is 0.0606. The highest BCUT2D eigenvalue weighted by molar-refractivity contribution is 8.01. The van der Waals surface area contributed by atoms with Crippen molar-refractivity contribution in [2.45, 2.75) is 9.37 Å². The van der Waals surface area contributed by atoms with Gasteiger partial charge in [-0.05, 0) is 23.9 Å². The molecule has 4 nitrogen and oxygen atoms in total. The molecule has 0 aliphatic rings. The van der Waals surface area contributed by atoms with Crippen LogP contribution in [0, 0.1) is 0 Å². The van der Waals surface area contributed by atoms with Gasteiger partial charge in [0, 0.05) is 6.20 Å². The molecule has 17 heavy (non-hydrogen) atoms. The molecule has 0 aliphatic heterocycles. The Kier molecular flexibility index (Phi) is 3.98. The van der Waals surface area contributed by atoms with Crippen LogP contribution >= 0.6 is 34.7 Å². The van der Waals surface area contributed by atoms with Crippen molar-refractivity contribution in [3.05, 3.63) is 34.4 Å². The van der Waals surface area contributed by atoms with E-state index in [2.05, 4.69) is 14.7 Å². The Morgan fingerprint density at radius 2 is 2.35 bits per heavy atom. The van der Waals surface area contributed by atoms with Gasteiger partial charge in [-0.1, -0.05) is 29.0 Å². The number of pyridine rings is 1. The van der Waals surface area contributed by atoms with Crippen molar-refractivity contribution in [2.75, 3.05) is 7.11 Å². The van der Waals surface area contributed by atoms with E-state index in [-0.39, 0.29) is 5.15 Å². The molecule has 0 amide bonds. The Bertz CT molecular complexity index is 530. The first kappa shape index (κ1) is 12.3. The number of hydrogen-bond donors (Lipinski definition) is 0. The van der Waals surface area contributed by atoms with Crippen LogP contribution in [0.4, 0.5) is 0 Å². The van der Waals surface area contributed by atoms with E-state index >= 15 is 0 Å². The van der Waals surface area contributed by atoms with Crippen LogP contribution in [0.25, 0.3) is 0 Å². The van der Waals surface area contributed by atoms with Gasteiger partial charge in [0.25, 0.3) is 0 Å². The summed E-state index contributed by atoms with van der Waals surface area (Å²) in [6.07, 6.45) is 1.69. The molecular formula is C10H7ClN2O2S2. The van der Waals surface area contributed by atoms with E-state index in [1.165, 1.54) is 30.2 Å². The fourth-order valence-electron chi connectivity index (χ4n) is 1.04. The maximum atomic E-state index is 11.3. The van der Waals surface area contributed by atoms with Crippen molar-refractivity contribution in [3.63, 3.8) is 0 Å². The van der Waals surface area contributed by atoms with E-state index in [1.807, 2.05) is 18.2 Å². The molecule has 0 fully saturated rings. The highest BCUT2D eigenvalue weighted by atomic mass is 35.5. The first-order valence-electron chi connectivity index (χ1n) is 4.54. The molecule has 2 aromatic rings. The van der Waals surface area contributed by atoms with Gasteiger partial charge in [0.2, 0.25) is 0 Å². The van der Waals surface area contributed by atoms with Gasteiger partial charge < -0.3 is 4.74 Å². The highest BCUT2D eigenvalue weighted by Crippen LogP contribution is 2.34. The van der Waals surface area contributed by atoms with Gasteiger partial charge in [0.05, 0.1) is 7.11 Å². The lowest BCUT2D eigenvalue weighted by Crippen LogP contribution is -1.98. The third-order valence-corrected chi connectivity index (χ3v) is 4.20. The number of ether oxygens (including phenoxy) is 1. The van der Waals surface area contributed by atoms with Gasteiger partial charge in [-0.2, -0.15) is 0 Å². The third-order valence-electron chi connectivity index (χ3n) is 1.77. The molecule has 0 bridgehead atoms. The fourth-order valence-corrected chi connectivity index (χ4v) is 3.28. The molecule has 0 atom stereocenters. The molecule has 2 rings (SSSR count). The molecule has 0 N–H and O–H groups in total. The molecule has 7 heteroatoms. The van der Waals surface area contributed by atoms with Crippen LogP contribution in [0.2, 0.25) is 5.15 Å². The molecule has 0 aromatic carbocycles. The summed E-state index contributed by atoms with van der Waals surface area (Å²) in [4.78, 5) is 19.9. The topological polar surface area (TPSA) is 52.1 Å². The van der Waals surface area contributed by atoms with E-state index in [9.17, 15) is 4.79 Å². The second kappa shape index (κ2) is 5.48. The van der Waals surface area contributed by atoms with Crippen LogP contribution in [0.3, 0.4) is 0 Å². The standard InChI is InChI=1S/C10H7ClN2O2S2/c1-15-9(14)7-8(11)13-10(17-7)16-6-4-2-3-5-12-6/h2-5H,1H3. The Morgan fingerprint density at radius 3 is 3.00 bits per heavy atom. The molecule has 0 spiro atoms. The summed E-state index contributed by atoms with van der Waals surface area (Å²) in [5.74, 6) is -0.472. The lowest BCUT2D eigenvalue weighted by Gasteiger charge is -1.94. The lowest BCUT2D eigenvalue weighted by atomic mass is 10.5. The quantitative estimate of drug-likeness (QED) is 0.812. The molecule has 0 saturated carbocycles. The average Bonchev–Trinajstić information content (AvgIpc) is 2.70. The van der Waals surface area contributed by atoms with Gasteiger partial charge in [0.1, 0.15) is 5.03 Å². The van der Waals surface area contributed by atoms with E-state index in [0.717, 1.165) is 5.03 Å². The molecule has 0 unspecified atom stereocenters. The minimum Gasteiger partial charge on any atom is -0.465 e. The van der Waals surface area contributed by atoms with Crippen molar-refractivity contribution in [2.24, 2.45) is 0 Å². The Morgan fingerprint density at radius 1 is 1.53 bits per heavy atom. The summed E-state index contributed by atoms with van der Waals surface area (Å²) < 4.78 is 5.26. The smallest absolute Gasteiger partial charge is 0.351 e. The van der Waals surface area contributed by atoms with Crippen LogP contribution in [0.1, 0.15) is 9.67 Å². The van der Waals surface area contributed by atoms with Gasteiger partial charge in [-0.3, -0.25) is 0 Å². The fraction of sp³-hybridized carbons (Fsp3) is 0.100. The summed E-state index contributed by atoms with van der Waals surface area (Å²) in [6.45, 7) is 0. The normalized spacial score (nSPS) is 10.2. The molecule has 2 aromatic heterocycles. The van der Waals surface area contributed by atoms with E-state index < -0.39 is 5.97 Å². The Balaban J connectivity index is 2.21. The number of nitrogens with zero attached hydrogens (tertiary/aromatic N) is 2. The summed E-state index contributed by atoms with van der Waals surface area (Å²) in [5.41, 5.74) is 0. The van der Waals surface area contributed by atoms with Crippen LogP contribution in [0.5, 0.6) is 0 Å². The first-order chi connectivity index (χ1) is 8.20. The largest absolute Gasteiger partial charge is 0.465 e. The molecule has 0 aliphatic carbocycles. The number of halogens is 1. The molecular weight excluding hydrogens is 280 g/mol. The monoisotopic (exact) mass is 286 g/mol. The number of methoxy groups -OCH3 is 1. The zero-order valence-electron chi connectivity index (χ0n) is 8.71. The highest BCUT2D eigenvalue weighted by Gasteiger charge is 2.17. The molecule has 88 valence electrons. The predicted octanol–water partition coefficient (Wildman–Crippen LogP) is 3.13. The van der Waals surface area contributed by atoms with Gasteiger partial charge in [-0.25, -0.2) is 14.8 Å². The zero-order chi connectivity index (χ0) is 12.3. The van der Waals surface area contributed by atoms with E-state index in [1.54, 1.807) is 6.20 Å². The Hall–Kier alpha value is -1.11. The molecule has 0 saturated heterocycles. The molecule has 0 radical (unpaired) electrons.